The Hall–Kier alpha value is -1.30. The van der Waals surface area contributed by atoms with E-state index in [9.17, 15) is 9.59 Å². The number of nitrogens with one attached hydrogen (secondary N) is 1. The van der Waals surface area contributed by atoms with Gasteiger partial charge in [0.05, 0.1) is 28.2 Å². The Morgan fingerprint density at radius 2 is 1.95 bits per heavy atom. The minimum Gasteiger partial charge on any atom is -0.481 e. The zero-order chi connectivity index (χ0) is 15.6. The van der Waals surface area contributed by atoms with Crippen LogP contribution in [0.3, 0.4) is 0 Å². The molecule has 1 aliphatic rings. The predicted octanol–water partition coefficient (Wildman–Crippen LogP) is 2.58. The Bertz CT molecular complexity index is 545. The summed E-state index contributed by atoms with van der Waals surface area (Å²) in [5.74, 6) is -1.48. The molecule has 0 unspecified atom stereocenters. The molecule has 2 rings (SSSR count). The minimum atomic E-state index is -0.820. The summed E-state index contributed by atoms with van der Waals surface area (Å²) < 4.78 is 0. The van der Waals surface area contributed by atoms with E-state index in [1.807, 2.05) is 11.8 Å². The Morgan fingerprint density at radius 1 is 1.33 bits per heavy atom. The lowest BCUT2D eigenvalue weighted by molar-refractivity contribution is -0.142. The van der Waals surface area contributed by atoms with Gasteiger partial charge in [-0.2, -0.15) is 0 Å². The first-order valence-corrected chi connectivity index (χ1v) is 7.33. The number of carboxylic acids is 1. The number of aliphatic carboxylic acids is 1. The molecule has 1 amide bonds. The fraction of sp³-hybridized carbons (Fsp3) is 0.429. The topological polar surface area (TPSA) is 69.6 Å². The second-order valence-electron chi connectivity index (χ2n) is 5.26. The van der Waals surface area contributed by atoms with Crippen LogP contribution in [0.15, 0.2) is 18.2 Å². The molecule has 7 heteroatoms. The Kier molecular flexibility index (Phi) is 5.08. The van der Waals surface area contributed by atoms with Gasteiger partial charge in [0.15, 0.2) is 0 Å². The Labute approximate surface area is 132 Å². The van der Waals surface area contributed by atoms with Crippen molar-refractivity contribution in [3.05, 3.63) is 28.2 Å². The summed E-state index contributed by atoms with van der Waals surface area (Å²) in [5.41, 5.74) is 0.382. The highest BCUT2D eigenvalue weighted by atomic mass is 35.5. The molecule has 1 aromatic rings. The van der Waals surface area contributed by atoms with E-state index in [-0.39, 0.29) is 18.4 Å². The lowest BCUT2D eigenvalue weighted by Crippen LogP contribution is -2.32. The van der Waals surface area contributed by atoms with Crippen molar-refractivity contribution < 1.29 is 14.7 Å². The number of likely N-dealkylation sites (tertiary alicyclic amines) is 1. The minimum absolute atomic E-state index is 0.0270. The van der Waals surface area contributed by atoms with E-state index in [2.05, 4.69) is 5.32 Å². The van der Waals surface area contributed by atoms with Gasteiger partial charge in [-0.25, -0.2) is 0 Å². The Morgan fingerprint density at radius 3 is 2.48 bits per heavy atom. The zero-order valence-corrected chi connectivity index (χ0v) is 13.0. The van der Waals surface area contributed by atoms with Crippen LogP contribution in [0.25, 0.3) is 0 Å². The lowest BCUT2D eigenvalue weighted by Gasteiger charge is -2.15. The van der Waals surface area contributed by atoms with Crippen molar-refractivity contribution in [2.24, 2.45) is 11.8 Å². The first-order chi connectivity index (χ1) is 9.88. The molecule has 1 saturated heterocycles. The number of halogens is 2. The van der Waals surface area contributed by atoms with Gasteiger partial charge in [-0.05, 0) is 18.1 Å². The molecule has 0 saturated carbocycles. The number of para-hydroxylation sites is 1. The molecule has 0 spiro atoms. The van der Waals surface area contributed by atoms with Crippen molar-refractivity contribution in [2.45, 2.75) is 6.92 Å². The maximum Gasteiger partial charge on any atom is 0.308 e. The molecular formula is C14H16Cl2N2O3. The van der Waals surface area contributed by atoms with E-state index in [0.717, 1.165) is 0 Å². The molecule has 0 aliphatic carbocycles. The maximum atomic E-state index is 12.0. The quantitative estimate of drug-likeness (QED) is 0.890. The van der Waals surface area contributed by atoms with E-state index in [4.69, 9.17) is 28.3 Å². The van der Waals surface area contributed by atoms with Crippen LogP contribution in [-0.2, 0) is 9.59 Å². The fourth-order valence-corrected chi connectivity index (χ4v) is 3.01. The van der Waals surface area contributed by atoms with E-state index in [0.29, 0.717) is 28.8 Å². The number of carboxylic acid groups (broad SMARTS) is 1. The first-order valence-electron chi connectivity index (χ1n) is 6.57. The second kappa shape index (κ2) is 6.64. The van der Waals surface area contributed by atoms with Gasteiger partial charge < -0.3 is 10.4 Å². The summed E-state index contributed by atoms with van der Waals surface area (Å²) in [7, 11) is 0. The van der Waals surface area contributed by atoms with E-state index in [1.54, 1.807) is 18.2 Å². The lowest BCUT2D eigenvalue weighted by atomic mass is 9.99. The summed E-state index contributed by atoms with van der Waals surface area (Å²) in [6.07, 6.45) is 0. The number of nitrogens with zero attached hydrogens (tertiary/aromatic N) is 1. The number of amides is 1. The normalized spacial score (nSPS) is 22.2. The highest BCUT2D eigenvalue weighted by Gasteiger charge is 2.35. The van der Waals surface area contributed by atoms with Gasteiger partial charge in [-0.1, -0.05) is 36.2 Å². The summed E-state index contributed by atoms with van der Waals surface area (Å²) >= 11 is 12.0. The van der Waals surface area contributed by atoms with Crippen molar-refractivity contribution in [1.29, 1.82) is 0 Å². The molecule has 0 bridgehead atoms. The SMILES string of the molecule is C[C@@H]1CN(CC(=O)Nc2c(Cl)cccc2Cl)C[C@H]1C(=O)O. The van der Waals surface area contributed by atoms with Crippen LogP contribution >= 0.6 is 23.2 Å². The number of benzene rings is 1. The van der Waals surface area contributed by atoms with Crippen molar-refractivity contribution in [1.82, 2.24) is 4.90 Å². The van der Waals surface area contributed by atoms with Gasteiger partial charge >= 0.3 is 5.97 Å². The van der Waals surface area contributed by atoms with Crippen molar-refractivity contribution in [3.8, 4) is 0 Å². The average Bonchev–Trinajstić information content (AvgIpc) is 2.75. The summed E-state index contributed by atoms with van der Waals surface area (Å²) in [4.78, 5) is 24.9. The van der Waals surface area contributed by atoms with Gasteiger partial charge in [0, 0.05) is 13.1 Å². The van der Waals surface area contributed by atoms with Crippen LogP contribution in [0, 0.1) is 11.8 Å². The third-order valence-electron chi connectivity index (χ3n) is 3.60. The number of rotatable bonds is 4. The zero-order valence-electron chi connectivity index (χ0n) is 11.5. The monoisotopic (exact) mass is 330 g/mol. The van der Waals surface area contributed by atoms with Crippen molar-refractivity contribution in [3.63, 3.8) is 0 Å². The van der Waals surface area contributed by atoms with Crippen molar-refractivity contribution in [2.75, 3.05) is 25.0 Å². The van der Waals surface area contributed by atoms with Gasteiger partial charge in [0.25, 0.3) is 0 Å². The Balaban J connectivity index is 1.96. The molecule has 0 radical (unpaired) electrons. The molecule has 114 valence electrons. The third kappa shape index (κ3) is 3.87. The predicted molar refractivity (Wildman–Crippen MR) is 81.8 cm³/mol. The number of carbonyl (C=O) groups is 2. The van der Waals surface area contributed by atoms with Gasteiger partial charge in [-0.15, -0.1) is 0 Å². The van der Waals surface area contributed by atoms with Crippen LogP contribution in [0.5, 0.6) is 0 Å². The largest absolute Gasteiger partial charge is 0.481 e. The molecule has 0 aromatic heterocycles. The smallest absolute Gasteiger partial charge is 0.308 e. The fourth-order valence-electron chi connectivity index (χ4n) is 2.52. The molecule has 1 aromatic carbocycles. The number of carbonyl (C=O) groups excluding carboxylic acids is 1. The molecule has 1 aliphatic heterocycles. The van der Waals surface area contributed by atoms with E-state index >= 15 is 0 Å². The maximum absolute atomic E-state index is 12.0. The molecule has 2 N–H and O–H groups in total. The number of hydrogen-bond donors (Lipinski definition) is 2. The summed E-state index contributed by atoms with van der Waals surface area (Å²) in [6, 6.07) is 4.98. The third-order valence-corrected chi connectivity index (χ3v) is 4.23. The molecule has 2 atom stereocenters. The van der Waals surface area contributed by atoms with Crippen LogP contribution in [0.4, 0.5) is 5.69 Å². The summed E-state index contributed by atoms with van der Waals surface area (Å²) in [5, 5.41) is 12.5. The molecule has 1 fully saturated rings. The standard InChI is InChI=1S/C14H16Cl2N2O3/c1-8-5-18(6-9(8)14(20)21)7-12(19)17-13-10(15)3-2-4-11(13)16/h2-4,8-9H,5-7H2,1H3,(H,17,19)(H,20,21)/t8-,9-/m1/s1. The van der Waals surface area contributed by atoms with Crippen LogP contribution in [0.1, 0.15) is 6.92 Å². The summed E-state index contributed by atoms with van der Waals surface area (Å²) in [6.45, 7) is 2.96. The van der Waals surface area contributed by atoms with Gasteiger partial charge in [0.1, 0.15) is 0 Å². The average molecular weight is 331 g/mol. The van der Waals surface area contributed by atoms with Crippen LogP contribution < -0.4 is 5.32 Å². The first kappa shape index (κ1) is 16.1. The second-order valence-corrected chi connectivity index (χ2v) is 6.08. The molecule has 21 heavy (non-hydrogen) atoms. The molecule has 1 heterocycles. The molecular weight excluding hydrogens is 315 g/mol. The number of hydrogen-bond acceptors (Lipinski definition) is 3. The van der Waals surface area contributed by atoms with Crippen molar-refractivity contribution >= 4 is 40.8 Å². The van der Waals surface area contributed by atoms with E-state index < -0.39 is 11.9 Å². The number of anilines is 1. The highest BCUT2D eigenvalue weighted by Crippen LogP contribution is 2.30. The van der Waals surface area contributed by atoms with Crippen LogP contribution in [0.2, 0.25) is 10.0 Å². The highest BCUT2D eigenvalue weighted by molar-refractivity contribution is 6.39. The van der Waals surface area contributed by atoms with Crippen LogP contribution in [-0.4, -0.2) is 41.5 Å². The molecule has 5 nitrogen and oxygen atoms in total. The van der Waals surface area contributed by atoms with Gasteiger partial charge in [0.2, 0.25) is 5.91 Å². The van der Waals surface area contributed by atoms with E-state index in [1.165, 1.54) is 0 Å². The van der Waals surface area contributed by atoms with Gasteiger partial charge in [-0.3, -0.25) is 14.5 Å².